The molecule has 2 aliphatic rings. The summed E-state index contributed by atoms with van der Waals surface area (Å²) in [6.45, 7) is -0.0389. The number of rotatable bonds is 6. The summed E-state index contributed by atoms with van der Waals surface area (Å²) in [4.78, 5) is 40.0. The van der Waals surface area contributed by atoms with E-state index >= 15 is 0 Å². The minimum Gasteiger partial charge on any atom is -0.497 e. The number of carbonyl (C=O) groups is 3. The number of methoxy groups -OCH3 is 1. The number of hydrogen-bond acceptors (Lipinski definition) is 7. The maximum Gasteiger partial charge on any atom is 0.293 e. The molecule has 0 saturated carbocycles. The molecule has 29 heavy (non-hydrogen) atoms. The Hall–Kier alpha value is -2.33. The summed E-state index contributed by atoms with van der Waals surface area (Å²) in [5.74, 6) is -0.0572. The molecule has 10 heteroatoms. The van der Waals surface area contributed by atoms with Crippen molar-refractivity contribution in [1.29, 1.82) is 0 Å². The number of sulfone groups is 1. The molecule has 0 N–H and O–H groups in total. The van der Waals surface area contributed by atoms with Crippen molar-refractivity contribution in [2.75, 3.05) is 32.2 Å². The number of ether oxygens (including phenoxy) is 1. The van der Waals surface area contributed by atoms with Crippen molar-refractivity contribution in [3.05, 3.63) is 34.7 Å². The van der Waals surface area contributed by atoms with Crippen molar-refractivity contribution in [2.45, 2.75) is 18.9 Å². The molecule has 0 bridgehead atoms. The third-order valence-electron chi connectivity index (χ3n) is 4.96. The zero-order valence-electron chi connectivity index (χ0n) is 16.2. The number of carbonyl (C=O) groups excluding carboxylic acids is 3. The Morgan fingerprint density at radius 1 is 1.38 bits per heavy atom. The van der Waals surface area contributed by atoms with Crippen LogP contribution in [0.4, 0.5) is 4.79 Å². The van der Waals surface area contributed by atoms with Crippen molar-refractivity contribution in [1.82, 2.24) is 9.80 Å². The second-order valence-corrected chi connectivity index (χ2v) is 10.1. The monoisotopic (exact) mass is 438 g/mol. The number of imide groups is 1. The summed E-state index contributed by atoms with van der Waals surface area (Å²) in [5.41, 5.74) is 0.730. The minimum absolute atomic E-state index is 0.0389. The van der Waals surface area contributed by atoms with E-state index in [9.17, 15) is 22.8 Å². The number of nitrogens with zero attached hydrogens (tertiary/aromatic N) is 2. The van der Waals surface area contributed by atoms with E-state index in [1.165, 1.54) is 4.90 Å². The predicted octanol–water partition coefficient (Wildman–Crippen LogP) is 1.77. The highest BCUT2D eigenvalue weighted by molar-refractivity contribution is 8.18. The number of amides is 3. The van der Waals surface area contributed by atoms with Crippen molar-refractivity contribution in [3.63, 3.8) is 0 Å². The molecule has 2 aliphatic heterocycles. The van der Waals surface area contributed by atoms with E-state index in [2.05, 4.69) is 0 Å². The lowest BCUT2D eigenvalue weighted by Crippen LogP contribution is -2.40. The lowest BCUT2D eigenvalue weighted by atomic mass is 10.2. The third kappa shape index (κ3) is 4.99. The topological polar surface area (TPSA) is 101 Å². The van der Waals surface area contributed by atoms with E-state index in [1.807, 2.05) is 0 Å². The Morgan fingerprint density at radius 2 is 2.14 bits per heavy atom. The van der Waals surface area contributed by atoms with Crippen LogP contribution >= 0.6 is 11.8 Å². The Morgan fingerprint density at radius 3 is 2.79 bits per heavy atom. The van der Waals surface area contributed by atoms with Gasteiger partial charge in [-0.25, -0.2) is 8.42 Å². The summed E-state index contributed by atoms with van der Waals surface area (Å²) >= 11 is 0.829. The van der Waals surface area contributed by atoms with Crippen LogP contribution in [0.3, 0.4) is 0 Å². The summed E-state index contributed by atoms with van der Waals surface area (Å²) in [5, 5.41) is -0.428. The molecule has 3 rings (SSSR count). The Labute approximate surface area is 173 Å². The first-order valence-corrected chi connectivity index (χ1v) is 11.7. The summed E-state index contributed by atoms with van der Waals surface area (Å²) in [6.07, 6.45) is 1.98. The molecule has 0 aromatic heterocycles. The standard InChI is InChI=1S/C19H22N2O6S2/c1-20(14-7-9-29(25,26)12-14)17(22)6-8-21-18(23)16(28-19(21)24)11-13-4-3-5-15(10-13)27-2/h3-5,10-11,14H,6-9,12H2,1-2H3/b16-11-. The van der Waals surface area contributed by atoms with Gasteiger partial charge in [0.05, 0.1) is 23.5 Å². The molecule has 1 aromatic rings. The zero-order valence-corrected chi connectivity index (χ0v) is 17.8. The number of thioether (sulfide) groups is 1. The minimum atomic E-state index is -3.10. The average molecular weight is 439 g/mol. The first kappa shape index (κ1) is 21.4. The molecule has 1 atom stereocenters. The molecule has 0 radical (unpaired) electrons. The molecule has 2 heterocycles. The molecular weight excluding hydrogens is 416 g/mol. The van der Waals surface area contributed by atoms with E-state index in [4.69, 9.17) is 4.74 Å². The lowest BCUT2D eigenvalue weighted by Gasteiger charge is -2.24. The van der Waals surface area contributed by atoms with Gasteiger partial charge in [0.2, 0.25) is 5.91 Å². The highest BCUT2D eigenvalue weighted by Crippen LogP contribution is 2.32. The van der Waals surface area contributed by atoms with Crippen LogP contribution in [0.15, 0.2) is 29.2 Å². The highest BCUT2D eigenvalue weighted by atomic mass is 32.2. The van der Waals surface area contributed by atoms with Crippen LogP contribution in [0.1, 0.15) is 18.4 Å². The molecule has 3 amide bonds. The van der Waals surface area contributed by atoms with E-state index in [0.29, 0.717) is 12.2 Å². The fourth-order valence-electron chi connectivity index (χ4n) is 3.24. The van der Waals surface area contributed by atoms with Gasteiger partial charge in [0.25, 0.3) is 11.1 Å². The van der Waals surface area contributed by atoms with E-state index in [-0.39, 0.29) is 41.3 Å². The Kier molecular flexibility index (Phi) is 6.33. The van der Waals surface area contributed by atoms with E-state index in [0.717, 1.165) is 22.2 Å². The highest BCUT2D eigenvalue weighted by Gasteiger charge is 2.36. The van der Waals surface area contributed by atoms with Crippen LogP contribution in [-0.4, -0.2) is 73.5 Å². The lowest BCUT2D eigenvalue weighted by molar-refractivity contribution is -0.132. The van der Waals surface area contributed by atoms with Gasteiger partial charge in [0, 0.05) is 26.1 Å². The average Bonchev–Trinajstić information content (AvgIpc) is 3.18. The molecule has 0 aliphatic carbocycles. The molecule has 2 fully saturated rings. The first-order valence-electron chi connectivity index (χ1n) is 9.05. The maximum atomic E-state index is 12.6. The summed E-state index contributed by atoms with van der Waals surface area (Å²) in [7, 11) is 0.00697. The molecule has 156 valence electrons. The smallest absolute Gasteiger partial charge is 0.293 e. The van der Waals surface area contributed by atoms with Gasteiger partial charge in [-0.15, -0.1) is 0 Å². The maximum absolute atomic E-state index is 12.6. The van der Waals surface area contributed by atoms with Crippen LogP contribution < -0.4 is 4.74 Å². The quantitative estimate of drug-likeness (QED) is 0.624. The molecule has 1 unspecified atom stereocenters. The van der Waals surface area contributed by atoms with Gasteiger partial charge in [0.15, 0.2) is 9.84 Å². The van der Waals surface area contributed by atoms with Crippen LogP contribution in [0.5, 0.6) is 5.75 Å². The fraction of sp³-hybridized carbons (Fsp3) is 0.421. The van der Waals surface area contributed by atoms with Crippen molar-refractivity contribution in [2.24, 2.45) is 0 Å². The molecular formula is C19H22N2O6S2. The van der Waals surface area contributed by atoms with Crippen LogP contribution in [-0.2, 0) is 19.4 Å². The van der Waals surface area contributed by atoms with Crippen LogP contribution in [0.2, 0.25) is 0 Å². The number of benzene rings is 1. The van der Waals surface area contributed by atoms with Crippen molar-refractivity contribution >= 4 is 44.7 Å². The largest absolute Gasteiger partial charge is 0.497 e. The van der Waals surface area contributed by atoms with Gasteiger partial charge < -0.3 is 9.64 Å². The van der Waals surface area contributed by atoms with Gasteiger partial charge in [-0.2, -0.15) is 0 Å². The summed E-state index contributed by atoms with van der Waals surface area (Å²) in [6, 6.07) is 6.76. The summed E-state index contributed by atoms with van der Waals surface area (Å²) < 4.78 is 28.3. The van der Waals surface area contributed by atoms with Gasteiger partial charge in [-0.1, -0.05) is 12.1 Å². The predicted molar refractivity (Wildman–Crippen MR) is 110 cm³/mol. The number of hydrogen-bond donors (Lipinski definition) is 0. The zero-order chi connectivity index (χ0) is 21.2. The second kappa shape index (κ2) is 8.58. The van der Waals surface area contributed by atoms with E-state index < -0.39 is 21.0 Å². The van der Waals surface area contributed by atoms with Gasteiger partial charge in [0.1, 0.15) is 5.75 Å². The molecule has 0 spiro atoms. The van der Waals surface area contributed by atoms with Crippen LogP contribution in [0, 0.1) is 0 Å². The van der Waals surface area contributed by atoms with Crippen molar-refractivity contribution in [3.8, 4) is 5.75 Å². The fourth-order valence-corrected chi connectivity index (χ4v) is 5.88. The molecule has 8 nitrogen and oxygen atoms in total. The molecule has 2 saturated heterocycles. The third-order valence-corrected chi connectivity index (χ3v) is 7.62. The molecule has 1 aromatic carbocycles. The first-order chi connectivity index (χ1) is 13.7. The Balaban J connectivity index is 1.61. The second-order valence-electron chi connectivity index (χ2n) is 6.92. The van der Waals surface area contributed by atoms with E-state index in [1.54, 1.807) is 44.5 Å². The van der Waals surface area contributed by atoms with Gasteiger partial charge in [-0.3, -0.25) is 19.3 Å². The van der Waals surface area contributed by atoms with Crippen molar-refractivity contribution < 1.29 is 27.5 Å². The van der Waals surface area contributed by atoms with Gasteiger partial charge >= 0.3 is 0 Å². The normalized spacial score (nSPS) is 22.3. The van der Waals surface area contributed by atoms with Crippen LogP contribution in [0.25, 0.3) is 6.08 Å². The SMILES string of the molecule is COc1cccc(/C=C2\SC(=O)N(CCC(=O)N(C)C3CCS(=O)(=O)C3)C2=O)c1. The Bertz CT molecular complexity index is 973. The van der Waals surface area contributed by atoms with Gasteiger partial charge in [-0.05, 0) is 42.0 Å².